The smallest absolute Gasteiger partial charge is 0.243 e. The lowest BCUT2D eigenvalue weighted by molar-refractivity contribution is 0.250. The van der Waals surface area contributed by atoms with Gasteiger partial charge in [0, 0.05) is 25.2 Å². The molecule has 1 heterocycles. The fourth-order valence-electron chi connectivity index (χ4n) is 2.38. The molecule has 0 amide bonds. The summed E-state index contributed by atoms with van der Waals surface area (Å²) in [5.74, 6) is 0.754. The van der Waals surface area contributed by atoms with Crippen LogP contribution in [0.15, 0.2) is 29.2 Å². The van der Waals surface area contributed by atoms with Crippen molar-refractivity contribution in [1.29, 1.82) is 0 Å². The summed E-state index contributed by atoms with van der Waals surface area (Å²) in [4.78, 5) is 0.283. The first-order valence-electron chi connectivity index (χ1n) is 6.93. The van der Waals surface area contributed by atoms with Crippen LogP contribution in [0.1, 0.15) is 20.3 Å². The van der Waals surface area contributed by atoms with Gasteiger partial charge < -0.3 is 10.5 Å². The van der Waals surface area contributed by atoms with Crippen molar-refractivity contribution < 1.29 is 13.2 Å². The molecule has 0 spiro atoms. The van der Waals surface area contributed by atoms with Gasteiger partial charge in [0.05, 0.1) is 11.5 Å². The number of sulfonamides is 1. The van der Waals surface area contributed by atoms with Crippen LogP contribution in [0.2, 0.25) is 0 Å². The zero-order valence-corrected chi connectivity index (χ0v) is 14.0. The Bertz CT molecular complexity index is 565. The Hall–Kier alpha value is -0.820. The summed E-state index contributed by atoms with van der Waals surface area (Å²) < 4.78 is 32.1. The topological polar surface area (TPSA) is 72.6 Å². The molecule has 1 aliphatic heterocycles. The molecular weight excluding hydrogens is 312 g/mol. The molecule has 1 aromatic carbocycles. The Morgan fingerprint density at radius 2 is 2.14 bits per heavy atom. The molecule has 2 rings (SSSR count). The maximum Gasteiger partial charge on any atom is 0.243 e. The van der Waals surface area contributed by atoms with E-state index in [0.717, 1.165) is 0 Å². The van der Waals surface area contributed by atoms with E-state index in [1.54, 1.807) is 24.3 Å². The quantitative estimate of drug-likeness (QED) is 0.912. The van der Waals surface area contributed by atoms with Gasteiger partial charge in [0.25, 0.3) is 0 Å². The third-order valence-corrected chi connectivity index (χ3v) is 5.55. The molecule has 1 fully saturated rings. The van der Waals surface area contributed by atoms with E-state index >= 15 is 0 Å². The van der Waals surface area contributed by atoms with Crippen LogP contribution in [0, 0.1) is 5.92 Å². The highest BCUT2D eigenvalue weighted by atomic mass is 35.5. The number of nitrogens with zero attached hydrogens (tertiary/aromatic N) is 1. The van der Waals surface area contributed by atoms with Crippen molar-refractivity contribution in [3.8, 4) is 5.75 Å². The molecule has 2 N–H and O–H groups in total. The van der Waals surface area contributed by atoms with Crippen LogP contribution < -0.4 is 10.5 Å². The zero-order chi connectivity index (χ0) is 14.8. The van der Waals surface area contributed by atoms with E-state index in [1.807, 2.05) is 13.8 Å². The fraction of sp³-hybridized carbons (Fsp3) is 0.571. The van der Waals surface area contributed by atoms with Gasteiger partial charge in [-0.15, -0.1) is 12.4 Å². The highest BCUT2D eigenvalue weighted by Crippen LogP contribution is 2.25. The molecule has 1 saturated heterocycles. The van der Waals surface area contributed by atoms with Gasteiger partial charge in [-0.2, -0.15) is 4.31 Å². The van der Waals surface area contributed by atoms with E-state index < -0.39 is 10.0 Å². The standard InChI is InChI=1S/C14H22N2O3S.ClH/c1-3-19-12-5-4-6-13(9-12)20(17,18)16-8-7-14(15)11(2)10-16;/h4-6,9,11,14H,3,7-8,10,15H2,1-2H3;1H. The molecule has 0 saturated carbocycles. The third kappa shape index (κ3) is 4.10. The first kappa shape index (κ1) is 18.2. The second-order valence-electron chi connectivity index (χ2n) is 5.20. The molecule has 1 aromatic rings. The highest BCUT2D eigenvalue weighted by Gasteiger charge is 2.32. The molecule has 1 aliphatic rings. The number of piperidine rings is 1. The Morgan fingerprint density at radius 1 is 1.43 bits per heavy atom. The summed E-state index contributed by atoms with van der Waals surface area (Å²) >= 11 is 0. The fourth-order valence-corrected chi connectivity index (χ4v) is 3.97. The van der Waals surface area contributed by atoms with E-state index in [9.17, 15) is 8.42 Å². The molecule has 5 nitrogen and oxygen atoms in total. The minimum atomic E-state index is -3.46. The second kappa shape index (κ2) is 7.45. The average molecular weight is 335 g/mol. The molecule has 0 radical (unpaired) electrons. The lowest BCUT2D eigenvalue weighted by Gasteiger charge is -2.34. The predicted molar refractivity (Wildman–Crippen MR) is 85.4 cm³/mol. The van der Waals surface area contributed by atoms with Crippen LogP contribution >= 0.6 is 12.4 Å². The van der Waals surface area contributed by atoms with Crippen LogP contribution in [0.25, 0.3) is 0 Å². The minimum absolute atomic E-state index is 0. The van der Waals surface area contributed by atoms with Gasteiger partial charge in [-0.3, -0.25) is 0 Å². The minimum Gasteiger partial charge on any atom is -0.494 e. The van der Waals surface area contributed by atoms with Crippen molar-refractivity contribution in [3.05, 3.63) is 24.3 Å². The second-order valence-corrected chi connectivity index (χ2v) is 7.14. The number of nitrogens with two attached hydrogens (primary N) is 1. The first-order valence-corrected chi connectivity index (χ1v) is 8.37. The summed E-state index contributed by atoms with van der Waals surface area (Å²) in [6, 6.07) is 6.74. The zero-order valence-electron chi connectivity index (χ0n) is 12.4. The lowest BCUT2D eigenvalue weighted by atomic mass is 9.96. The monoisotopic (exact) mass is 334 g/mol. The molecular formula is C14H23ClN2O3S. The van der Waals surface area contributed by atoms with Crippen molar-refractivity contribution >= 4 is 22.4 Å². The van der Waals surface area contributed by atoms with Crippen molar-refractivity contribution in [2.75, 3.05) is 19.7 Å². The predicted octanol–water partition coefficient (Wildman–Crippen LogP) is 1.86. The van der Waals surface area contributed by atoms with Crippen LogP contribution in [0.5, 0.6) is 5.75 Å². The van der Waals surface area contributed by atoms with Crippen molar-refractivity contribution in [1.82, 2.24) is 4.31 Å². The number of ether oxygens (including phenoxy) is 1. The van der Waals surface area contributed by atoms with E-state index in [-0.39, 0.29) is 29.3 Å². The molecule has 0 aliphatic carbocycles. The highest BCUT2D eigenvalue weighted by molar-refractivity contribution is 7.89. The summed E-state index contributed by atoms with van der Waals surface area (Å²) in [7, 11) is -3.46. The van der Waals surface area contributed by atoms with Gasteiger partial charge in [-0.1, -0.05) is 13.0 Å². The normalized spacial score (nSPS) is 23.4. The van der Waals surface area contributed by atoms with Crippen LogP contribution in [0.4, 0.5) is 0 Å². The van der Waals surface area contributed by atoms with Gasteiger partial charge in [0.2, 0.25) is 10.0 Å². The van der Waals surface area contributed by atoms with Crippen LogP contribution in [-0.4, -0.2) is 38.5 Å². The summed E-state index contributed by atoms with van der Waals surface area (Å²) in [5, 5.41) is 0. The maximum atomic E-state index is 12.6. The molecule has 0 aromatic heterocycles. The van der Waals surface area contributed by atoms with Gasteiger partial charge in [-0.25, -0.2) is 8.42 Å². The van der Waals surface area contributed by atoms with Crippen molar-refractivity contribution in [2.45, 2.75) is 31.2 Å². The average Bonchev–Trinajstić information content (AvgIpc) is 2.42. The molecule has 7 heteroatoms. The molecule has 0 bridgehead atoms. The van der Waals surface area contributed by atoms with E-state index in [2.05, 4.69) is 0 Å². The van der Waals surface area contributed by atoms with Gasteiger partial charge in [-0.05, 0) is 31.4 Å². The van der Waals surface area contributed by atoms with Crippen LogP contribution in [0.3, 0.4) is 0 Å². The summed E-state index contributed by atoms with van der Waals surface area (Å²) in [6.07, 6.45) is 0.700. The largest absolute Gasteiger partial charge is 0.494 e. The van der Waals surface area contributed by atoms with Gasteiger partial charge in [0.1, 0.15) is 5.75 Å². The van der Waals surface area contributed by atoms with Crippen molar-refractivity contribution in [3.63, 3.8) is 0 Å². The van der Waals surface area contributed by atoms with E-state index in [0.29, 0.717) is 31.9 Å². The Morgan fingerprint density at radius 3 is 2.76 bits per heavy atom. The SMILES string of the molecule is CCOc1cccc(S(=O)(=O)N2CCC(N)C(C)C2)c1.Cl. The third-order valence-electron chi connectivity index (χ3n) is 3.69. The Kier molecular flexibility index (Phi) is 6.46. The Labute approximate surface area is 132 Å². The van der Waals surface area contributed by atoms with Crippen LogP contribution in [-0.2, 0) is 10.0 Å². The Balaban J connectivity index is 0.00000220. The summed E-state index contributed by atoms with van der Waals surface area (Å²) in [6.45, 7) is 5.33. The number of hydrogen-bond donors (Lipinski definition) is 1. The molecule has 120 valence electrons. The van der Waals surface area contributed by atoms with E-state index in [1.165, 1.54) is 4.31 Å². The molecule has 21 heavy (non-hydrogen) atoms. The van der Waals surface area contributed by atoms with Gasteiger partial charge in [0.15, 0.2) is 0 Å². The lowest BCUT2D eigenvalue weighted by Crippen LogP contribution is -2.48. The first-order chi connectivity index (χ1) is 9.45. The summed E-state index contributed by atoms with van der Waals surface area (Å²) in [5.41, 5.74) is 5.94. The number of rotatable bonds is 4. The van der Waals surface area contributed by atoms with Gasteiger partial charge >= 0.3 is 0 Å². The maximum absolute atomic E-state index is 12.6. The number of benzene rings is 1. The van der Waals surface area contributed by atoms with Crippen molar-refractivity contribution in [2.24, 2.45) is 11.7 Å². The number of halogens is 1. The van der Waals surface area contributed by atoms with E-state index in [4.69, 9.17) is 10.5 Å². The molecule has 2 atom stereocenters. The number of hydrogen-bond acceptors (Lipinski definition) is 4. The molecule has 2 unspecified atom stereocenters.